The summed E-state index contributed by atoms with van der Waals surface area (Å²) in [6, 6.07) is 0.754. The summed E-state index contributed by atoms with van der Waals surface area (Å²) in [6.45, 7) is 6.64. The van der Waals surface area contributed by atoms with Crippen molar-refractivity contribution < 1.29 is 0 Å². The summed E-state index contributed by atoms with van der Waals surface area (Å²) < 4.78 is 2.30. The lowest BCUT2D eigenvalue weighted by Crippen LogP contribution is -2.30. The molecule has 1 heterocycles. The summed E-state index contributed by atoms with van der Waals surface area (Å²) in [5.74, 6) is 2.23. The van der Waals surface area contributed by atoms with Crippen molar-refractivity contribution in [2.45, 2.75) is 65.0 Å². The van der Waals surface area contributed by atoms with Crippen molar-refractivity contribution in [3.05, 3.63) is 18.2 Å². The third-order valence-corrected chi connectivity index (χ3v) is 3.84. The van der Waals surface area contributed by atoms with Crippen molar-refractivity contribution in [2.24, 2.45) is 5.92 Å². The molecule has 0 bridgehead atoms. The van der Waals surface area contributed by atoms with Gasteiger partial charge in [-0.2, -0.15) is 0 Å². The molecule has 1 fully saturated rings. The normalized spacial score (nSPS) is 17.0. The van der Waals surface area contributed by atoms with Gasteiger partial charge in [-0.1, -0.05) is 13.8 Å². The number of rotatable bonds is 9. The number of nitrogens with one attached hydrogen (secondary N) is 1. The number of aromatic nitrogens is 2. The zero-order valence-corrected chi connectivity index (χ0v) is 11.9. The first-order valence-corrected chi connectivity index (χ1v) is 7.58. The van der Waals surface area contributed by atoms with E-state index in [4.69, 9.17) is 0 Å². The molecule has 1 atom stereocenters. The molecule has 0 spiro atoms. The van der Waals surface area contributed by atoms with E-state index in [1.165, 1.54) is 37.9 Å². The average Bonchev–Trinajstić information content (AvgIpc) is 3.12. The van der Waals surface area contributed by atoms with Gasteiger partial charge in [-0.3, -0.25) is 0 Å². The van der Waals surface area contributed by atoms with Gasteiger partial charge in [0.15, 0.2) is 0 Å². The van der Waals surface area contributed by atoms with Crippen LogP contribution >= 0.6 is 0 Å². The van der Waals surface area contributed by atoms with E-state index in [1.807, 2.05) is 6.20 Å². The van der Waals surface area contributed by atoms with E-state index in [-0.39, 0.29) is 0 Å². The molecule has 1 unspecified atom stereocenters. The highest BCUT2D eigenvalue weighted by molar-refractivity contribution is 4.93. The van der Waals surface area contributed by atoms with Gasteiger partial charge in [0.05, 0.1) is 0 Å². The van der Waals surface area contributed by atoms with Gasteiger partial charge in [0, 0.05) is 31.4 Å². The van der Waals surface area contributed by atoms with Crippen LogP contribution in [0.3, 0.4) is 0 Å². The summed E-state index contributed by atoms with van der Waals surface area (Å²) in [6.07, 6.45) is 11.8. The zero-order valence-electron chi connectivity index (χ0n) is 11.9. The topological polar surface area (TPSA) is 29.9 Å². The van der Waals surface area contributed by atoms with Gasteiger partial charge in [-0.25, -0.2) is 4.98 Å². The molecule has 1 saturated carbocycles. The van der Waals surface area contributed by atoms with Gasteiger partial charge in [-0.05, 0) is 44.6 Å². The largest absolute Gasteiger partial charge is 0.335 e. The lowest BCUT2D eigenvalue weighted by molar-refractivity contribution is 0.430. The first kappa shape index (κ1) is 13.6. The number of imidazole rings is 1. The fourth-order valence-corrected chi connectivity index (χ4v) is 2.76. The van der Waals surface area contributed by atoms with Crippen molar-refractivity contribution in [3.8, 4) is 0 Å². The predicted octanol–water partition coefficient (Wildman–Crippen LogP) is 3.00. The number of hydrogen-bond donors (Lipinski definition) is 1. The summed E-state index contributed by atoms with van der Waals surface area (Å²) in [7, 11) is 0. The molecule has 0 radical (unpaired) electrons. The predicted molar refractivity (Wildman–Crippen MR) is 75.6 cm³/mol. The van der Waals surface area contributed by atoms with Crippen LogP contribution in [-0.2, 0) is 13.0 Å². The van der Waals surface area contributed by atoms with E-state index in [9.17, 15) is 0 Å². The van der Waals surface area contributed by atoms with Crippen LogP contribution in [0.4, 0.5) is 0 Å². The molecule has 3 heteroatoms. The Balaban J connectivity index is 1.74. The van der Waals surface area contributed by atoms with Crippen LogP contribution in [0.25, 0.3) is 0 Å². The van der Waals surface area contributed by atoms with Crippen molar-refractivity contribution in [3.63, 3.8) is 0 Å². The Hall–Kier alpha value is -0.830. The van der Waals surface area contributed by atoms with Crippen LogP contribution in [0, 0.1) is 5.92 Å². The van der Waals surface area contributed by atoms with Gasteiger partial charge >= 0.3 is 0 Å². The van der Waals surface area contributed by atoms with Gasteiger partial charge in [-0.15, -0.1) is 0 Å². The minimum atomic E-state index is 0.754. The maximum absolute atomic E-state index is 4.48. The van der Waals surface area contributed by atoms with Crippen molar-refractivity contribution >= 4 is 0 Å². The fraction of sp³-hybridized carbons (Fsp3) is 0.800. The van der Waals surface area contributed by atoms with E-state index >= 15 is 0 Å². The maximum Gasteiger partial charge on any atom is 0.108 e. The lowest BCUT2D eigenvalue weighted by Gasteiger charge is -2.17. The molecule has 0 aliphatic heterocycles. The Labute approximate surface area is 111 Å². The summed E-state index contributed by atoms with van der Waals surface area (Å²) in [5.41, 5.74) is 0. The SMILES string of the molecule is CCCn1ccnc1CCCC(NCC)C1CC1. The molecule has 1 aromatic heterocycles. The van der Waals surface area contributed by atoms with Crippen LogP contribution in [-0.4, -0.2) is 22.1 Å². The molecule has 0 saturated heterocycles. The van der Waals surface area contributed by atoms with Gasteiger partial charge < -0.3 is 9.88 Å². The van der Waals surface area contributed by atoms with Gasteiger partial charge in [0.2, 0.25) is 0 Å². The first-order valence-electron chi connectivity index (χ1n) is 7.58. The van der Waals surface area contributed by atoms with Crippen molar-refractivity contribution in [1.29, 1.82) is 0 Å². The highest BCUT2D eigenvalue weighted by Gasteiger charge is 2.29. The monoisotopic (exact) mass is 249 g/mol. The minimum absolute atomic E-state index is 0.754. The fourth-order valence-electron chi connectivity index (χ4n) is 2.76. The third-order valence-electron chi connectivity index (χ3n) is 3.84. The Bertz CT molecular complexity index is 341. The molecule has 2 rings (SSSR count). The molecular formula is C15H27N3. The van der Waals surface area contributed by atoms with Crippen LogP contribution in [0.15, 0.2) is 12.4 Å². The molecule has 3 nitrogen and oxygen atoms in total. The van der Waals surface area contributed by atoms with E-state index in [1.54, 1.807) is 0 Å². The number of hydrogen-bond acceptors (Lipinski definition) is 2. The number of aryl methyl sites for hydroxylation is 2. The molecule has 1 aliphatic rings. The Kier molecular flexibility index (Phi) is 5.24. The van der Waals surface area contributed by atoms with Crippen LogP contribution < -0.4 is 5.32 Å². The summed E-state index contributed by atoms with van der Waals surface area (Å²) >= 11 is 0. The molecule has 18 heavy (non-hydrogen) atoms. The second kappa shape index (κ2) is 6.93. The van der Waals surface area contributed by atoms with E-state index in [0.29, 0.717) is 0 Å². The third kappa shape index (κ3) is 3.84. The number of nitrogens with zero attached hydrogens (tertiary/aromatic N) is 2. The molecule has 0 amide bonds. The van der Waals surface area contributed by atoms with E-state index in [0.717, 1.165) is 31.5 Å². The maximum atomic E-state index is 4.48. The standard InChI is InChI=1S/C15H27N3/c1-3-11-18-12-10-17-15(18)7-5-6-14(16-4-2)13-8-9-13/h10,12-14,16H,3-9,11H2,1-2H3. The lowest BCUT2D eigenvalue weighted by atomic mass is 10.0. The quantitative estimate of drug-likeness (QED) is 0.729. The molecule has 0 aromatic carbocycles. The highest BCUT2D eigenvalue weighted by Crippen LogP contribution is 2.34. The molecule has 1 aromatic rings. The minimum Gasteiger partial charge on any atom is -0.335 e. The van der Waals surface area contributed by atoms with Crippen LogP contribution in [0.1, 0.15) is 51.8 Å². The molecule has 1 aliphatic carbocycles. The average molecular weight is 249 g/mol. The van der Waals surface area contributed by atoms with E-state index < -0.39 is 0 Å². The van der Waals surface area contributed by atoms with Gasteiger partial charge in [0.1, 0.15) is 5.82 Å². The second-order valence-electron chi connectivity index (χ2n) is 5.43. The van der Waals surface area contributed by atoms with Gasteiger partial charge in [0.25, 0.3) is 0 Å². The first-order chi connectivity index (χ1) is 8.85. The Morgan fingerprint density at radius 1 is 1.44 bits per heavy atom. The molecule has 1 N–H and O–H groups in total. The van der Waals surface area contributed by atoms with Crippen LogP contribution in [0.5, 0.6) is 0 Å². The second-order valence-corrected chi connectivity index (χ2v) is 5.43. The Morgan fingerprint density at radius 2 is 2.28 bits per heavy atom. The van der Waals surface area contributed by atoms with Crippen molar-refractivity contribution in [2.75, 3.05) is 6.54 Å². The zero-order chi connectivity index (χ0) is 12.8. The van der Waals surface area contributed by atoms with E-state index in [2.05, 4.69) is 34.9 Å². The summed E-state index contributed by atoms with van der Waals surface area (Å²) in [4.78, 5) is 4.48. The summed E-state index contributed by atoms with van der Waals surface area (Å²) in [5, 5.41) is 3.64. The molecule has 102 valence electrons. The van der Waals surface area contributed by atoms with Crippen LogP contribution in [0.2, 0.25) is 0 Å². The smallest absolute Gasteiger partial charge is 0.108 e. The Morgan fingerprint density at radius 3 is 2.94 bits per heavy atom. The highest BCUT2D eigenvalue weighted by atomic mass is 15.1. The van der Waals surface area contributed by atoms with Crippen molar-refractivity contribution in [1.82, 2.24) is 14.9 Å². The molecular weight excluding hydrogens is 222 g/mol.